The third-order valence-corrected chi connectivity index (χ3v) is 3.01. The predicted molar refractivity (Wildman–Crippen MR) is 82.2 cm³/mol. The number of hydrogen-bond donors (Lipinski definition) is 3. The molecule has 1 rings (SSSR count). The van der Waals surface area contributed by atoms with Crippen LogP contribution in [0, 0.1) is 5.41 Å². The summed E-state index contributed by atoms with van der Waals surface area (Å²) in [5.74, 6) is -1.90. The van der Waals surface area contributed by atoms with Gasteiger partial charge in [-0.15, -0.1) is 0 Å². The minimum absolute atomic E-state index is 0.190. The number of carbonyl (C=O) groups is 3. The molecular weight excluding hydrogens is 284 g/mol. The number of rotatable bonds is 6. The van der Waals surface area contributed by atoms with Gasteiger partial charge >= 0.3 is 5.97 Å². The van der Waals surface area contributed by atoms with Crippen LogP contribution in [0.5, 0.6) is 0 Å². The van der Waals surface area contributed by atoms with Crippen LogP contribution in [0.3, 0.4) is 0 Å². The van der Waals surface area contributed by atoms with Crippen molar-refractivity contribution in [3.8, 4) is 0 Å². The minimum atomic E-state index is -1.11. The highest BCUT2D eigenvalue weighted by atomic mass is 16.4. The zero-order valence-corrected chi connectivity index (χ0v) is 13.1. The van der Waals surface area contributed by atoms with Gasteiger partial charge in [0.2, 0.25) is 11.8 Å². The zero-order chi connectivity index (χ0) is 16.8. The van der Waals surface area contributed by atoms with Gasteiger partial charge in [0.15, 0.2) is 0 Å². The first-order valence-corrected chi connectivity index (χ1v) is 7.04. The summed E-state index contributed by atoms with van der Waals surface area (Å²) in [6.45, 7) is 4.95. The van der Waals surface area contributed by atoms with Crippen LogP contribution in [-0.4, -0.2) is 35.5 Å². The van der Waals surface area contributed by atoms with Gasteiger partial charge in [0.1, 0.15) is 6.04 Å². The Hall–Kier alpha value is -2.37. The molecule has 2 amide bonds. The molecule has 0 saturated carbocycles. The number of aliphatic carboxylic acids is 1. The number of carboxylic acid groups (broad SMARTS) is 1. The predicted octanol–water partition coefficient (Wildman–Crippen LogP) is 0.961. The van der Waals surface area contributed by atoms with Gasteiger partial charge in [0.25, 0.3) is 0 Å². The van der Waals surface area contributed by atoms with Gasteiger partial charge in [-0.3, -0.25) is 9.59 Å². The van der Waals surface area contributed by atoms with E-state index in [0.29, 0.717) is 0 Å². The minimum Gasteiger partial charge on any atom is -0.480 e. The van der Waals surface area contributed by atoms with E-state index in [-0.39, 0.29) is 18.9 Å². The summed E-state index contributed by atoms with van der Waals surface area (Å²) in [5.41, 5.74) is 0.213. The standard InChI is InChI=1S/C16H22N2O4/c1-16(2,3)15(22)17-10-13(19)18-12(14(20)21)9-11-7-5-4-6-8-11/h4-8,12H,9-10H2,1-3H3,(H,17,22)(H,18,19)(H,20,21)/t12-/m1/s1. The molecule has 22 heavy (non-hydrogen) atoms. The maximum absolute atomic E-state index is 11.8. The molecule has 0 fully saturated rings. The lowest BCUT2D eigenvalue weighted by atomic mass is 9.96. The van der Waals surface area contributed by atoms with Crippen LogP contribution in [0.1, 0.15) is 26.3 Å². The van der Waals surface area contributed by atoms with Gasteiger partial charge in [-0.1, -0.05) is 51.1 Å². The van der Waals surface area contributed by atoms with Crippen LogP contribution in [0.2, 0.25) is 0 Å². The van der Waals surface area contributed by atoms with Crippen molar-refractivity contribution in [2.24, 2.45) is 5.41 Å². The lowest BCUT2D eigenvalue weighted by Gasteiger charge is -2.19. The Labute approximate surface area is 129 Å². The smallest absolute Gasteiger partial charge is 0.326 e. The molecule has 0 spiro atoms. The molecule has 0 aromatic heterocycles. The fourth-order valence-corrected chi connectivity index (χ4v) is 1.72. The fourth-order valence-electron chi connectivity index (χ4n) is 1.72. The Bertz CT molecular complexity index is 535. The maximum Gasteiger partial charge on any atom is 0.326 e. The van der Waals surface area contributed by atoms with Gasteiger partial charge in [0.05, 0.1) is 6.54 Å². The summed E-state index contributed by atoms with van der Waals surface area (Å²) in [7, 11) is 0. The molecule has 6 nitrogen and oxygen atoms in total. The number of hydrogen-bond acceptors (Lipinski definition) is 3. The molecule has 0 aliphatic heterocycles. The van der Waals surface area contributed by atoms with E-state index in [1.807, 2.05) is 6.07 Å². The van der Waals surface area contributed by atoms with E-state index >= 15 is 0 Å². The summed E-state index contributed by atoms with van der Waals surface area (Å²) in [6, 6.07) is 8.01. The van der Waals surface area contributed by atoms with Crippen molar-refractivity contribution in [1.29, 1.82) is 0 Å². The normalized spacial score (nSPS) is 12.3. The average Bonchev–Trinajstić information content (AvgIpc) is 2.44. The maximum atomic E-state index is 11.8. The summed E-state index contributed by atoms with van der Waals surface area (Å²) < 4.78 is 0. The second kappa shape index (κ2) is 7.59. The number of carbonyl (C=O) groups excluding carboxylic acids is 2. The highest BCUT2D eigenvalue weighted by molar-refractivity contribution is 5.89. The van der Waals surface area contributed by atoms with E-state index in [2.05, 4.69) is 10.6 Å². The highest BCUT2D eigenvalue weighted by Gasteiger charge is 2.23. The summed E-state index contributed by atoms with van der Waals surface area (Å²) in [5, 5.41) is 14.1. The van der Waals surface area contributed by atoms with Crippen LogP contribution in [0.25, 0.3) is 0 Å². The van der Waals surface area contributed by atoms with Crippen molar-refractivity contribution < 1.29 is 19.5 Å². The number of amides is 2. The molecule has 0 aliphatic rings. The first-order valence-electron chi connectivity index (χ1n) is 7.04. The molecule has 0 bridgehead atoms. The Morgan fingerprint density at radius 1 is 1.14 bits per heavy atom. The van der Waals surface area contributed by atoms with Crippen molar-refractivity contribution in [3.63, 3.8) is 0 Å². The fraction of sp³-hybridized carbons (Fsp3) is 0.438. The van der Waals surface area contributed by atoms with Crippen molar-refractivity contribution >= 4 is 17.8 Å². The Morgan fingerprint density at radius 3 is 2.23 bits per heavy atom. The number of benzene rings is 1. The lowest BCUT2D eigenvalue weighted by molar-refractivity contribution is -0.141. The molecule has 120 valence electrons. The van der Waals surface area contributed by atoms with E-state index in [0.717, 1.165) is 5.56 Å². The molecule has 1 aromatic carbocycles. The monoisotopic (exact) mass is 306 g/mol. The molecule has 1 aromatic rings. The van der Waals surface area contributed by atoms with Crippen molar-refractivity contribution in [1.82, 2.24) is 10.6 Å². The van der Waals surface area contributed by atoms with E-state index in [9.17, 15) is 19.5 Å². The van der Waals surface area contributed by atoms with Crippen molar-refractivity contribution in [3.05, 3.63) is 35.9 Å². The van der Waals surface area contributed by atoms with Crippen LogP contribution >= 0.6 is 0 Å². The second-order valence-corrected chi connectivity index (χ2v) is 6.08. The van der Waals surface area contributed by atoms with Crippen LogP contribution in [-0.2, 0) is 20.8 Å². The molecule has 0 radical (unpaired) electrons. The molecule has 3 N–H and O–H groups in total. The zero-order valence-electron chi connectivity index (χ0n) is 13.1. The van der Waals surface area contributed by atoms with E-state index in [1.165, 1.54) is 0 Å². The van der Waals surface area contributed by atoms with Crippen LogP contribution < -0.4 is 10.6 Å². The third kappa shape index (κ3) is 5.95. The van der Waals surface area contributed by atoms with E-state index < -0.39 is 23.3 Å². The van der Waals surface area contributed by atoms with Gasteiger partial charge in [0, 0.05) is 11.8 Å². The number of nitrogens with one attached hydrogen (secondary N) is 2. The average molecular weight is 306 g/mol. The quantitative estimate of drug-likeness (QED) is 0.729. The van der Waals surface area contributed by atoms with Gasteiger partial charge in [-0.05, 0) is 5.56 Å². The van der Waals surface area contributed by atoms with E-state index in [4.69, 9.17) is 0 Å². The highest BCUT2D eigenvalue weighted by Crippen LogP contribution is 2.11. The molecule has 6 heteroatoms. The molecule has 0 saturated heterocycles. The third-order valence-electron chi connectivity index (χ3n) is 3.01. The van der Waals surface area contributed by atoms with Crippen molar-refractivity contribution in [2.45, 2.75) is 33.2 Å². The number of carboxylic acids is 1. The molecule has 0 aliphatic carbocycles. The van der Waals surface area contributed by atoms with Gasteiger partial charge < -0.3 is 15.7 Å². The Kier molecular flexibility index (Phi) is 6.10. The second-order valence-electron chi connectivity index (χ2n) is 6.08. The summed E-state index contributed by atoms with van der Waals surface area (Å²) in [4.78, 5) is 34.7. The summed E-state index contributed by atoms with van der Waals surface area (Å²) in [6.07, 6.45) is 0.190. The van der Waals surface area contributed by atoms with E-state index in [1.54, 1.807) is 45.0 Å². The first kappa shape index (κ1) is 17.7. The lowest BCUT2D eigenvalue weighted by Crippen LogP contribution is -2.48. The van der Waals surface area contributed by atoms with Gasteiger partial charge in [-0.2, -0.15) is 0 Å². The van der Waals surface area contributed by atoms with Crippen LogP contribution in [0.4, 0.5) is 0 Å². The Balaban J connectivity index is 2.55. The largest absolute Gasteiger partial charge is 0.480 e. The summed E-state index contributed by atoms with van der Waals surface area (Å²) >= 11 is 0. The van der Waals surface area contributed by atoms with Crippen LogP contribution in [0.15, 0.2) is 30.3 Å². The topological polar surface area (TPSA) is 95.5 Å². The Morgan fingerprint density at radius 2 is 1.73 bits per heavy atom. The van der Waals surface area contributed by atoms with Crippen molar-refractivity contribution in [2.75, 3.05) is 6.54 Å². The molecule has 0 unspecified atom stereocenters. The van der Waals surface area contributed by atoms with Gasteiger partial charge in [-0.25, -0.2) is 4.79 Å². The molecular formula is C16H22N2O4. The molecule has 0 heterocycles. The SMILES string of the molecule is CC(C)(C)C(=O)NCC(=O)N[C@H](Cc1ccccc1)C(=O)O. The first-order chi connectivity index (χ1) is 10.2. The molecule has 1 atom stereocenters.